The summed E-state index contributed by atoms with van der Waals surface area (Å²) in [4.78, 5) is 15.2. The van der Waals surface area contributed by atoms with Gasteiger partial charge >= 0.3 is 0 Å². The van der Waals surface area contributed by atoms with E-state index in [1.165, 1.54) is 19.3 Å². The number of nitrogens with zero attached hydrogens (tertiary/aromatic N) is 3. The van der Waals surface area contributed by atoms with E-state index in [2.05, 4.69) is 27.0 Å². The van der Waals surface area contributed by atoms with Crippen molar-refractivity contribution in [3.05, 3.63) is 29.5 Å². The summed E-state index contributed by atoms with van der Waals surface area (Å²) in [6.45, 7) is 8.08. The average molecular weight is 365 g/mol. The molecular formula is C18H25ClN4O2. The van der Waals surface area contributed by atoms with Crippen LogP contribution in [0.3, 0.4) is 0 Å². The molecule has 136 valence electrons. The molecule has 1 aliphatic heterocycles. The third kappa shape index (κ3) is 3.50. The Hall–Kier alpha value is -2.05. The summed E-state index contributed by atoms with van der Waals surface area (Å²) >= 11 is 0. The van der Waals surface area contributed by atoms with Crippen LogP contribution in [0.15, 0.2) is 16.5 Å². The first-order valence-electron chi connectivity index (χ1n) is 8.31. The molecule has 3 N–H and O–H groups in total. The number of hydrogen-bond donors (Lipinski definition) is 1. The minimum atomic E-state index is 0. The maximum absolute atomic E-state index is 5.67. The molecule has 1 aliphatic rings. The second-order valence-corrected chi connectivity index (χ2v) is 6.41. The van der Waals surface area contributed by atoms with Gasteiger partial charge in [-0.2, -0.15) is 0 Å². The van der Waals surface area contributed by atoms with Gasteiger partial charge in [0.2, 0.25) is 0 Å². The highest BCUT2D eigenvalue weighted by molar-refractivity contribution is 5.91. The molecule has 3 aromatic rings. The molecule has 6 nitrogen and oxygen atoms in total. The highest BCUT2D eigenvalue weighted by atomic mass is 35.5. The molecule has 3 aromatic heterocycles. The van der Waals surface area contributed by atoms with E-state index in [-0.39, 0.29) is 17.9 Å². The molecule has 0 radical (unpaired) electrons. The summed E-state index contributed by atoms with van der Waals surface area (Å²) in [5.41, 5.74) is 4.16. The molecule has 4 heterocycles. The van der Waals surface area contributed by atoms with Crippen LogP contribution < -0.4 is 4.90 Å². The average Bonchev–Trinajstić information content (AvgIpc) is 3.09. The van der Waals surface area contributed by atoms with Crippen LogP contribution in [0.2, 0.25) is 0 Å². The lowest BCUT2D eigenvalue weighted by molar-refractivity contribution is 0.505. The third-order valence-corrected chi connectivity index (χ3v) is 4.56. The SMILES string of the molecule is Cc1nc(N2CCCCC2)c2[nH]c(-c3cc(C)oc3C)cc2n1.Cl.O. The minimum Gasteiger partial charge on any atom is -0.466 e. The number of halogens is 1. The number of aromatic amines is 1. The fraction of sp³-hybridized carbons (Fsp3) is 0.444. The second-order valence-electron chi connectivity index (χ2n) is 6.41. The highest BCUT2D eigenvalue weighted by Gasteiger charge is 2.19. The first kappa shape index (κ1) is 19.3. The van der Waals surface area contributed by atoms with Gasteiger partial charge in [0.25, 0.3) is 0 Å². The minimum absolute atomic E-state index is 0. The number of rotatable bonds is 2. The van der Waals surface area contributed by atoms with E-state index < -0.39 is 0 Å². The van der Waals surface area contributed by atoms with Gasteiger partial charge in [-0.25, -0.2) is 9.97 Å². The van der Waals surface area contributed by atoms with Crippen molar-refractivity contribution in [2.24, 2.45) is 0 Å². The third-order valence-electron chi connectivity index (χ3n) is 4.56. The summed E-state index contributed by atoms with van der Waals surface area (Å²) in [6.07, 6.45) is 3.78. The van der Waals surface area contributed by atoms with Gasteiger partial charge in [-0.1, -0.05) is 0 Å². The van der Waals surface area contributed by atoms with Gasteiger partial charge in [0.15, 0.2) is 5.82 Å². The van der Waals surface area contributed by atoms with E-state index >= 15 is 0 Å². The Balaban J connectivity index is 0.00000113. The molecule has 0 spiro atoms. The van der Waals surface area contributed by atoms with E-state index in [1.54, 1.807) is 0 Å². The van der Waals surface area contributed by atoms with E-state index in [0.29, 0.717) is 0 Å². The lowest BCUT2D eigenvalue weighted by Crippen LogP contribution is -2.30. The molecule has 0 aromatic carbocycles. The molecule has 0 unspecified atom stereocenters. The summed E-state index contributed by atoms with van der Waals surface area (Å²) in [5, 5.41) is 0. The Morgan fingerprint density at radius 2 is 1.76 bits per heavy atom. The Kier molecular flexibility index (Phi) is 5.75. The van der Waals surface area contributed by atoms with Crippen LogP contribution in [0.5, 0.6) is 0 Å². The van der Waals surface area contributed by atoms with Crippen molar-refractivity contribution in [1.29, 1.82) is 0 Å². The number of fused-ring (bicyclic) bond motifs is 1. The Labute approximate surface area is 153 Å². The van der Waals surface area contributed by atoms with Crippen LogP contribution in [-0.2, 0) is 0 Å². The number of aryl methyl sites for hydroxylation is 3. The van der Waals surface area contributed by atoms with Gasteiger partial charge in [0.05, 0.1) is 11.2 Å². The van der Waals surface area contributed by atoms with Crippen LogP contribution >= 0.6 is 12.4 Å². The number of aromatic nitrogens is 3. The molecule has 0 aliphatic carbocycles. The molecule has 7 heteroatoms. The maximum atomic E-state index is 5.67. The second kappa shape index (κ2) is 7.45. The molecule has 0 amide bonds. The van der Waals surface area contributed by atoms with Crippen LogP contribution in [0.25, 0.3) is 22.3 Å². The monoisotopic (exact) mass is 364 g/mol. The molecular weight excluding hydrogens is 340 g/mol. The molecule has 1 saturated heterocycles. The normalized spacial score (nSPS) is 14.3. The Bertz CT molecular complexity index is 865. The number of piperidine rings is 1. The maximum Gasteiger partial charge on any atom is 0.156 e. The van der Waals surface area contributed by atoms with Crippen molar-refractivity contribution in [2.45, 2.75) is 40.0 Å². The molecule has 0 atom stereocenters. The quantitative estimate of drug-likeness (QED) is 0.750. The van der Waals surface area contributed by atoms with Crippen molar-refractivity contribution in [3.63, 3.8) is 0 Å². The van der Waals surface area contributed by atoms with Crippen LogP contribution in [0, 0.1) is 20.8 Å². The number of furan rings is 1. The van der Waals surface area contributed by atoms with Crippen molar-refractivity contribution in [3.8, 4) is 11.3 Å². The first-order valence-corrected chi connectivity index (χ1v) is 8.31. The number of anilines is 1. The van der Waals surface area contributed by atoms with E-state index in [9.17, 15) is 0 Å². The first-order chi connectivity index (χ1) is 11.1. The molecule has 0 saturated carbocycles. The van der Waals surface area contributed by atoms with Gasteiger partial charge in [0.1, 0.15) is 22.9 Å². The van der Waals surface area contributed by atoms with E-state index in [1.807, 2.05) is 20.8 Å². The van der Waals surface area contributed by atoms with Crippen LogP contribution in [0.1, 0.15) is 36.6 Å². The van der Waals surface area contributed by atoms with E-state index in [4.69, 9.17) is 9.40 Å². The van der Waals surface area contributed by atoms with Crippen LogP contribution in [-0.4, -0.2) is 33.5 Å². The Morgan fingerprint density at radius 3 is 2.40 bits per heavy atom. The van der Waals surface area contributed by atoms with Crippen LogP contribution in [0.4, 0.5) is 5.82 Å². The predicted octanol–water partition coefficient (Wildman–Crippen LogP) is 3.73. The molecule has 4 rings (SSSR count). The van der Waals surface area contributed by atoms with Crippen molar-refractivity contribution in [2.75, 3.05) is 18.0 Å². The zero-order valence-corrected chi connectivity index (χ0v) is 15.7. The number of nitrogens with one attached hydrogen (secondary N) is 1. The summed E-state index contributed by atoms with van der Waals surface area (Å²) in [6, 6.07) is 4.18. The topological polar surface area (TPSA) is 89.5 Å². The lowest BCUT2D eigenvalue weighted by atomic mass is 10.1. The van der Waals surface area contributed by atoms with Gasteiger partial charge in [0, 0.05) is 18.7 Å². The van der Waals surface area contributed by atoms with Crippen molar-refractivity contribution in [1.82, 2.24) is 15.0 Å². The Morgan fingerprint density at radius 1 is 1.04 bits per heavy atom. The largest absolute Gasteiger partial charge is 0.466 e. The molecule has 25 heavy (non-hydrogen) atoms. The number of hydrogen-bond acceptors (Lipinski definition) is 4. The van der Waals surface area contributed by atoms with E-state index in [0.717, 1.165) is 58.5 Å². The highest BCUT2D eigenvalue weighted by Crippen LogP contribution is 2.32. The van der Waals surface area contributed by atoms with Crippen molar-refractivity contribution < 1.29 is 9.89 Å². The zero-order valence-electron chi connectivity index (χ0n) is 14.8. The predicted molar refractivity (Wildman–Crippen MR) is 103 cm³/mol. The van der Waals surface area contributed by atoms with Gasteiger partial charge in [-0.3, -0.25) is 0 Å². The standard InChI is InChI=1S/C18H22N4O.ClH.H2O/c1-11-9-14(12(2)23-11)15-10-16-17(21-15)18(20-13(3)19-16)22-7-5-4-6-8-22;;/h9-10,21H,4-8H2,1-3H3;1H;1H2. The van der Waals surface area contributed by atoms with Gasteiger partial charge in [-0.15, -0.1) is 12.4 Å². The van der Waals surface area contributed by atoms with Crippen molar-refractivity contribution >= 4 is 29.3 Å². The molecule has 0 bridgehead atoms. The lowest BCUT2D eigenvalue weighted by Gasteiger charge is -2.28. The number of H-pyrrole nitrogens is 1. The smallest absolute Gasteiger partial charge is 0.156 e. The summed E-state index contributed by atoms with van der Waals surface area (Å²) in [5.74, 6) is 3.72. The van der Waals surface area contributed by atoms with Gasteiger partial charge in [-0.05, 0) is 52.2 Å². The summed E-state index contributed by atoms with van der Waals surface area (Å²) in [7, 11) is 0. The summed E-state index contributed by atoms with van der Waals surface area (Å²) < 4.78 is 5.67. The zero-order chi connectivity index (χ0) is 16.0. The van der Waals surface area contributed by atoms with Gasteiger partial charge < -0.3 is 19.8 Å². The molecule has 1 fully saturated rings. The fourth-order valence-corrected chi connectivity index (χ4v) is 3.49. The fourth-order valence-electron chi connectivity index (χ4n) is 3.49.